The summed E-state index contributed by atoms with van der Waals surface area (Å²) in [7, 11) is 1.62. The fourth-order valence-corrected chi connectivity index (χ4v) is 1.75. The van der Waals surface area contributed by atoms with Crippen LogP contribution in [0.15, 0.2) is 24.3 Å². The summed E-state index contributed by atoms with van der Waals surface area (Å²) in [5.74, 6) is -0.951. The van der Waals surface area contributed by atoms with Crippen molar-refractivity contribution in [3.63, 3.8) is 0 Å². The molecule has 0 radical (unpaired) electrons. The van der Waals surface area contributed by atoms with Gasteiger partial charge in [0.15, 0.2) is 0 Å². The molecule has 0 bridgehead atoms. The number of amides is 1. The normalized spacial score (nSPS) is 11.9. The van der Waals surface area contributed by atoms with Gasteiger partial charge in [-0.05, 0) is 37.5 Å². The zero-order valence-corrected chi connectivity index (χ0v) is 11.9. The number of carboxylic acids is 1. The van der Waals surface area contributed by atoms with Crippen LogP contribution in [-0.2, 0) is 16.0 Å². The smallest absolute Gasteiger partial charge is 0.335 e. The van der Waals surface area contributed by atoms with Gasteiger partial charge < -0.3 is 15.2 Å². The second-order valence-corrected chi connectivity index (χ2v) is 4.69. The Morgan fingerprint density at radius 3 is 2.80 bits per heavy atom. The minimum absolute atomic E-state index is 0.0108. The minimum Gasteiger partial charge on any atom is -0.478 e. The van der Waals surface area contributed by atoms with E-state index >= 15 is 0 Å². The first-order chi connectivity index (χ1) is 9.52. The summed E-state index contributed by atoms with van der Waals surface area (Å²) in [6.45, 7) is 2.42. The number of carbonyl (C=O) groups excluding carboxylic acids is 1. The summed E-state index contributed by atoms with van der Waals surface area (Å²) < 4.78 is 5.07. The third-order valence-electron chi connectivity index (χ3n) is 3.09. The van der Waals surface area contributed by atoms with Crippen molar-refractivity contribution >= 4 is 11.9 Å². The van der Waals surface area contributed by atoms with Crippen LogP contribution in [0.5, 0.6) is 0 Å². The Hall–Kier alpha value is -1.88. The van der Waals surface area contributed by atoms with Crippen molar-refractivity contribution in [2.75, 3.05) is 13.7 Å². The lowest BCUT2D eigenvalue weighted by molar-refractivity contribution is -0.121. The molecule has 110 valence electrons. The average molecular weight is 279 g/mol. The molecule has 0 saturated carbocycles. The van der Waals surface area contributed by atoms with Crippen molar-refractivity contribution < 1.29 is 19.4 Å². The number of carbonyl (C=O) groups is 2. The molecule has 2 N–H and O–H groups in total. The Morgan fingerprint density at radius 2 is 2.15 bits per heavy atom. The van der Waals surface area contributed by atoms with Gasteiger partial charge in [0, 0.05) is 20.1 Å². The van der Waals surface area contributed by atoms with Crippen molar-refractivity contribution in [3.05, 3.63) is 35.4 Å². The van der Waals surface area contributed by atoms with E-state index < -0.39 is 5.97 Å². The maximum Gasteiger partial charge on any atom is 0.335 e. The molecule has 20 heavy (non-hydrogen) atoms. The number of methoxy groups -OCH3 is 1. The highest BCUT2D eigenvalue weighted by Gasteiger charge is 2.06. The van der Waals surface area contributed by atoms with Gasteiger partial charge in [0.25, 0.3) is 0 Å². The predicted octanol–water partition coefficient (Wildman–Crippen LogP) is 1.86. The van der Waals surface area contributed by atoms with Crippen molar-refractivity contribution in [1.29, 1.82) is 0 Å². The second-order valence-electron chi connectivity index (χ2n) is 4.69. The molecular formula is C15H21NO4. The van der Waals surface area contributed by atoms with E-state index in [1.54, 1.807) is 25.3 Å². The van der Waals surface area contributed by atoms with E-state index in [9.17, 15) is 9.59 Å². The molecule has 1 unspecified atom stereocenters. The van der Waals surface area contributed by atoms with Crippen LogP contribution in [0, 0.1) is 0 Å². The SMILES string of the molecule is COC(C)CCC(=O)NCCc1cccc(C(=O)O)c1. The molecule has 1 amide bonds. The molecule has 0 saturated heterocycles. The molecule has 0 fully saturated rings. The monoisotopic (exact) mass is 279 g/mol. The third-order valence-corrected chi connectivity index (χ3v) is 3.09. The van der Waals surface area contributed by atoms with Crippen LogP contribution in [0.1, 0.15) is 35.7 Å². The lowest BCUT2D eigenvalue weighted by atomic mass is 10.1. The first-order valence-electron chi connectivity index (χ1n) is 6.64. The van der Waals surface area contributed by atoms with Crippen LogP contribution in [-0.4, -0.2) is 36.7 Å². The van der Waals surface area contributed by atoms with Gasteiger partial charge in [0.2, 0.25) is 5.91 Å². The molecule has 1 aromatic rings. The molecule has 5 heteroatoms. The van der Waals surface area contributed by atoms with Gasteiger partial charge in [-0.15, -0.1) is 0 Å². The van der Waals surface area contributed by atoms with E-state index in [1.165, 1.54) is 0 Å². The summed E-state index contributed by atoms with van der Waals surface area (Å²) >= 11 is 0. The fraction of sp³-hybridized carbons (Fsp3) is 0.467. The van der Waals surface area contributed by atoms with Gasteiger partial charge in [-0.3, -0.25) is 4.79 Å². The van der Waals surface area contributed by atoms with Gasteiger partial charge in [0.05, 0.1) is 11.7 Å². The molecule has 0 aliphatic heterocycles. The Labute approximate surface area is 118 Å². The number of hydrogen-bond donors (Lipinski definition) is 2. The number of carboxylic acid groups (broad SMARTS) is 1. The predicted molar refractivity (Wildman–Crippen MR) is 75.8 cm³/mol. The topological polar surface area (TPSA) is 75.6 Å². The maximum atomic E-state index is 11.6. The first kappa shape index (κ1) is 16.2. The Bertz CT molecular complexity index is 459. The zero-order chi connectivity index (χ0) is 15.0. The van der Waals surface area contributed by atoms with E-state index in [2.05, 4.69) is 5.32 Å². The summed E-state index contributed by atoms with van der Waals surface area (Å²) in [5, 5.41) is 11.7. The quantitative estimate of drug-likeness (QED) is 0.761. The summed E-state index contributed by atoms with van der Waals surface area (Å²) in [5.41, 5.74) is 1.17. The molecule has 1 aromatic carbocycles. The van der Waals surface area contributed by atoms with Crippen LogP contribution in [0.25, 0.3) is 0 Å². The van der Waals surface area contributed by atoms with Gasteiger partial charge >= 0.3 is 5.97 Å². The molecule has 0 aliphatic rings. The van der Waals surface area contributed by atoms with E-state index in [4.69, 9.17) is 9.84 Å². The average Bonchev–Trinajstić information content (AvgIpc) is 2.45. The van der Waals surface area contributed by atoms with Gasteiger partial charge in [-0.2, -0.15) is 0 Å². The largest absolute Gasteiger partial charge is 0.478 e. The third kappa shape index (κ3) is 5.84. The molecule has 0 aliphatic carbocycles. The molecule has 1 rings (SSSR count). The standard InChI is InChI=1S/C15H21NO4/c1-11(20-2)6-7-14(17)16-9-8-12-4-3-5-13(10-12)15(18)19/h3-5,10-11H,6-9H2,1-2H3,(H,16,17)(H,18,19). The van der Waals surface area contributed by atoms with Gasteiger partial charge in [-0.1, -0.05) is 12.1 Å². The number of aromatic carboxylic acids is 1. The highest BCUT2D eigenvalue weighted by Crippen LogP contribution is 2.06. The number of benzene rings is 1. The molecule has 0 heterocycles. The number of rotatable bonds is 8. The van der Waals surface area contributed by atoms with Crippen LogP contribution in [0.4, 0.5) is 0 Å². The van der Waals surface area contributed by atoms with Crippen molar-refractivity contribution in [2.24, 2.45) is 0 Å². The maximum absolute atomic E-state index is 11.6. The van der Waals surface area contributed by atoms with E-state index in [-0.39, 0.29) is 17.6 Å². The fourth-order valence-electron chi connectivity index (χ4n) is 1.75. The zero-order valence-electron chi connectivity index (χ0n) is 11.9. The minimum atomic E-state index is -0.940. The summed E-state index contributed by atoms with van der Waals surface area (Å²) in [6.07, 6.45) is 1.82. The first-order valence-corrected chi connectivity index (χ1v) is 6.64. The highest BCUT2D eigenvalue weighted by molar-refractivity contribution is 5.87. The van der Waals surface area contributed by atoms with E-state index in [1.807, 2.05) is 13.0 Å². The van der Waals surface area contributed by atoms with Gasteiger partial charge in [-0.25, -0.2) is 4.79 Å². The lowest BCUT2D eigenvalue weighted by Gasteiger charge is -2.09. The lowest BCUT2D eigenvalue weighted by Crippen LogP contribution is -2.26. The van der Waals surface area contributed by atoms with Crippen LogP contribution in [0.2, 0.25) is 0 Å². The second kappa shape index (κ2) is 8.32. The summed E-state index contributed by atoms with van der Waals surface area (Å²) in [4.78, 5) is 22.4. The van der Waals surface area contributed by atoms with Crippen molar-refractivity contribution in [3.8, 4) is 0 Å². The molecule has 0 spiro atoms. The molecule has 5 nitrogen and oxygen atoms in total. The van der Waals surface area contributed by atoms with Crippen LogP contribution < -0.4 is 5.32 Å². The molecule has 1 atom stereocenters. The summed E-state index contributed by atoms with van der Waals surface area (Å²) in [6, 6.07) is 6.74. The Morgan fingerprint density at radius 1 is 1.40 bits per heavy atom. The molecular weight excluding hydrogens is 258 g/mol. The molecule has 0 aromatic heterocycles. The van der Waals surface area contributed by atoms with E-state index in [0.717, 1.165) is 5.56 Å². The Balaban J connectivity index is 2.32. The Kier molecular flexibility index (Phi) is 6.73. The van der Waals surface area contributed by atoms with Gasteiger partial charge in [0.1, 0.15) is 0 Å². The van der Waals surface area contributed by atoms with E-state index in [0.29, 0.717) is 25.8 Å². The van der Waals surface area contributed by atoms with Crippen LogP contribution >= 0.6 is 0 Å². The highest BCUT2D eigenvalue weighted by atomic mass is 16.5. The van der Waals surface area contributed by atoms with Crippen LogP contribution in [0.3, 0.4) is 0 Å². The number of hydrogen-bond acceptors (Lipinski definition) is 3. The van der Waals surface area contributed by atoms with Crippen molar-refractivity contribution in [2.45, 2.75) is 32.3 Å². The number of ether oxygens (including phenoxy) is 1. The van der Waals surface area contributed by atoms with Crippen molar-refractivity contribution in [1.82, 2.24) is 5.32 Å². The number of nitrogens with one attached hydrogen (secondary N) is 1.